The van der Waals surface area contributed by atoms with Crippen molar-refractivity contribution >= 4 is 51.5 Å². The second-order valence-corrected chi connectivity index (χ2v) is 30.4. The van der Waals surface area contributed by atoms with E-state index in [4.69, 9.17) is 19.1 Å². The van der Waals surface area contributed by atoms with Gasteiger partial charge in [-0.2, -0.15) is 11.8 Å². The lowest BCUT2D eigenvalue weighted by atomic mass is 9.47. The molecule has 0 aliphatic heterocycles. The summed E-state index contributed by atoms with van der Waals surface area (Å²) in [4.78, 5) is 12.3. The molecule has 0 aromatic heterocycles. The topological polar surface area (TPSA) is 96.2 Å². The van der Waals surface area contributed by atoms with Gasteiger partial charge in [0, 0.05) is 24.2 Å². The molecule has 8 rings (SSSR count). The lowest BCUT2D eigenvalue weighted by Gasteiger charge is -2.58. The van der Waals surface area contributed by atoms with Crippen LogP contribution in [-0.2, 0) is 9.47 Å². The van der Waals surface area contributed by atoms with Crippen molar-refractivity contribution in [2.75, 3.05) is 43.5 Å². The number of aliphatic hydroxyl groups is 2. The van der Waals surface area contributed by atoms with Gasteiger partial charge in [-0.3, -0.25) is 0 Å². The third-order valence-corrected chi connectivity index (χ3v) is 23.8. The van der Waals surface area contributed by atoms with Crippen LogP contribution in [0.15, 0.2) is 23.3 Å². The summed E-state index contributed by atoms with van der Waals surface area (Å²) in [5.41, 5.74) is 4.96. The zero-order valence-corrected chi connectivity index (χ0v) is 51.6. The van der Waals surface area contributed by atoms with E-state index in [0.717, 1.165) is 115 Å². The molecule has 0 bridgehead atoms. The predicted octanol–water partition coefficient (Wildman–Crippen LogP) is 18.1. The van der Waals surface area contributed by atoms with Crippen LogP contribution in [0.3, 0.4) is 0 Å². The predicted molar refractivity (Wildman–Crippen MR) is 316 cm³/mol. The number of hydrogen-bond donors (Lipinski definition) is 3. The van der Waals surface area contributed by atoms with E-state index in [-0.39, 0.29) is 24.2 Å². The summed E-state index contributed by atoms with van der Waals surface area (Å²) in [5, 5.41) is 19.0. The molecule has 72 heavy (non-hydrogen) atoms. The maximum atomic E-state index is 12.3. The number of hydrogen-bond acceptors (Lipinski definition) is 10. The van der Waals surface area contributed by atoms with Crippen LogP contribution >= 0.6 is 45.4 Å². The fourth-order valence-corrected chi connectivity index (χ4v) is 19.5. The first-order valence-corrected chi connectivity index (χ1v) is 34.9. The van der Waals surface area contributed by atoms with Gasteiger partial charge in [0.1, 0.15) is 12.7 Å². The average Bonchev–Trinajstić information content (AvgIpc) is 3.88. The van der Waals surface area contributed by atoms with Crippen molar-refractivity contribution in [3.05, 3.63) is 23.3 Å². The molecule has 0 aromatic rings. The Bertz CT molecular complexity index is 1690. The summed E-state index contributed by atoms with van der Waals surface area (Å²) in [6.07, 6.45) is 38.9. The zero-order chi connectivity index (χ0) is 52.9. The van der Waals surface area contributed by atoms with Gasteiger partial charge in [-0.1, -0.05) is 153 Å². The van der Waals surface area contributed by atoms with Crippen molar-refractivity contribution in [3.8, 4) is 0 Å². The molecule has 418 valence electrons. The fourth-order valence-electron chi connectivity index (χ4n) is 17.9. The Hall–Kier alpha value is 0.0300. The molecule has 6 fully saturated rings. The van der Waals surface area contributed by atoms with Crippen molar-refractivity contribution in [1.29, 1.82) is 0 Å². The summed E-state index contributed by atoms with van der Waals surface area (Å²) in [6, 6.07) is 0. The lowest BCUT2D eigenvalue weighted by Crippen LogP contribution is -2.51. The summed E-state index contributed by atoms with van der Waals surface area (Å²) in [7, 11) is 3.22. The van der Waals surface area contributed by atoms with E-state index in [1.54, 1.807) is 50.8 Å². The van der Waals surface area contributed by atoms with Gasteiger partial charge in [-0.05, 0) is 214 Å². The van der Waals surface area contributed by atoms with Gasteiger partial charge >= 0.3 is 6.16 Å². The molecular formula is C62H110O6S4. The molecule has 16 atom stereocenters. The number of rotatable bonds is 17. The van der Waals surface area contributed by atoms with Crippen LogP contribution in [0.25, 0.3) is 0 Å². The van der Waals surface area contributed by atoms with Crippen molar-refractivity contribution in [2.45, 2.75) is 223 Å². The quantitative estimate of drug-likeness (QED) is 0.0430. The van der Waals surface area contributed by atoms with Crippen LogP contribution in [0.1, 0.15) is 210 Å². The molecule has 6 saturated carbocycles. The van der Waals surface area contributed by atoms with E-state index in [1.165, 1.54) is 109 Å². The molecule has 6 nitrogen and oxygen atoms in total. The molecule has 0 aromatic carbocycles. The van der Waals surface area contributed by atoms with Crippen LogP contribution in [0.2, 0.25) is 0 Å². The van der Waals surface area contributed by atoms with Crippen LogP contribution < -0.4 is 0 Å². The minimum absolute atomic E-state index is 0.0498. The first-order valence-electron chi connectivity index (χ1n) is 29.6. The molecule has 0 amide bonds. The van der Waals surface area contributed by atoms with Gasteiger partial charge in [-0.15, -0.1) is 0 Å². The van der Waals surface area contributed by atoms with E-state index in [0.29, 0.717) is 34.4 Å². The van der Waals surface area contributed by atoms with Gasteiger partial charge in [0.25, 0.3) is 0 Å². The van der Waals surface area contributed by atoms with Crippen molar-refractivity contribution in [2.24, 2.45) is 92.7 Å². The highest BCUT2D eigenvalue weighted by Crippen LogP contribution is 2.69. The number of aliphatic hydroxyl groups excluding tert-OH is 2. The Morgan fingerprint density at radius 1 is 0.639 bits per heavy atom. The molecule has 0 heterocycles. The number of carbonyl (C=O) groups excluding carboxylic acids is 1. The first kappa shape index (κ1) is 62.9. The van der Waals surface area contributed by atoms with E-state index >= 15 is 0 Å². The van der Waals surface area contributed by atoms with Crippen LogP contribution in [0, 0.1) is 92.7 Å². The Kier molecular flexibility index (Phi) is 25.6. The van der Waals surface area contributed by atoms with E-state index in [2.05, 4.69) is 81.4 Å². The Morgan fingerprint density at radius 3 is 1.57 bits per heavy atom. The van der Waals surface area contributed by atoms with Crippen LogP contribution in [-0.4, -0.2) is 76.6 Å². The molecule has 2 unspecified atom stereocenters. The van der Waals surface area contributed by atoms with Gasteiger partial charge < -0.3 is 24.2 Å². The van der Waals surface area contributed by atoms with Gasteiger partial charge in [0.2, 0.25) is 0 Å². The number of carbonyl (C=O) groups is 1. The minimum Gasteiger partial charge on any atom is -0.433 e. The summed E-state index contributed by atoms with van der Waals surface area (Å²) < 4.78 is 18.6. The highest BCUT2D eigenvalue weighted by molar-refractivity contribution is 8.76. The lowest BCUT2D eigenvalue weighted by molar-refractivity contribution is -0.0614. The van der Waals surface area contributed by atoms with E-state index in [1.807, 2.05) is 12.5 Å². The normalized spacial score (nSPS) is 38.2. The summed E-state index contributed by atoms with van der Waals surface area (Å²) in [5.74, 6) is 12.0. The molecule has 10 heteroatoms. The second kappa shape index (κ2) is 29.3. The zero-order valence-electron chi connectivity index (χ0n) is 48.3. The third-order valence-electron chi connectivity index (χ3n) is 21.4. The third kappa shape index (κ3) is 15.2. The Labute approximate surface area is 459 Å². The number of fused-ring (bicyclic) bond motifs is 10. The molecule has 8 aliphatic rings. The highest BCUT2D eigenvalue weighted by Gasteiger charge is 2.61. The monoisotopic (exact) mass is 1080 g/mol. The average molecular weight is 1080 g/mol. The standard InChI is InChI=1S/C32H54O4S2.C27H46O.C2H6S.CH4OS/c1-22(2)7-6-8-23(3)27-11-12-28-26-10-9-24-21-25(36-30(34)35-18-20-38-37-19-17-33)13-15-31(24,4)29(26)14-16-32(27,28)5;1-18(2)7-6-8-19(3)23-11-12-24-22-10-9-20-17-21(28)13-15-26(20,4)25(22)14-16-27(23,24)5;2*1-3-2/h9,22-23,25-29,33H,6-8,10-21H2,1-5H3;9,18-19,21-25,28H,6-8,10-17H2,1-5H3;1-2H3;2H,1H3/t23-,25+,26+,27?,28+,29+,31+,32-;19-,21+,22+,23?,24+,25+,26+,27-;;/m11../s1. The van der Waals surface area contributed by atoms with Crippen LogP contribution in [0.4, 0.5) is 4.79 Å². The van der Waals surface area contributed by atoms with Crippen molar-refractivity contribution in [3.63, 3.8) is 0 Å². The Balaban J connectivity index is 0.000000249. The van der Waals surface area contributed by atoms with Gasteiger partial charge in [-0.25, -0.2) is 4.79 Å². The minimum atomic E-state index is -0.520. The van der Waals surface area contributed by atoms with Gasteiger partial charge in [0.05, 0.1) is 12.7 Å². The summed E-state index contributed by atoms with van der Waals surface area (Å²) >= 11 is 2.50. The number of thioether (sulfide) groups is 1. The SMILES string of the molecule is CC(C)CCC[C@@H](C)C1CC[C@H]2[C@@H]3CC=C4C[C@@H](O)CC[C@]4(C)[C@H]3CC[C@]12C.CC(C)CCC[C@@H](C)C1CC[C@H]2[C@@H]3CC=C4C[C@@H](OC(=O)OCCSSCCO)CC[C@]4(C)[C@H]3CC[C@]12C.CSC.CSO. The number of allylic oxidation sites excluding steroid dienone is 2. The molecule has 0 radical (unpaired) electrons. The second-order valence-electron chi connectivity index (χ2n) is 26.5. The van der Waals surface area contributed by atoms with Gasteiger partial charge in [0.15, 0.2) is 0 Å². The smallest absolute Gasteiger partial charge is 0.433 e. The molecular weight excluding hydrogens is 969 g/mol. The number of ether oxygens (including phenoxy) is 2. The largest absolute Gasteiger partial charge is 0.508 e. The summed E-state index contributed by atoms with van der Waals surface area (Å²) in [6.45, 7) is 25.6. The molecule has 8 aliphatic carbocycles. The fraction of sp³-hybridized carbons (Fsp3) is 0.919. The van der Waals surface area contributed by atoms with E-state index < -0.39 is 6.16 Å². The Morgan fingerprint density at radius 2 is 1.10 bits per heavy atom. The first-order chi connectivity index (χ1) is 34.3. The molecule has 0 spiro atoms. The van der Waals surface area contributed by atoms with Crippen molar-refractivity contribution < 1.29 is 29.0 Å². The maximum Gasteiger partial charge on any atom is 0.508 e. The molecule has 3 N–H and O–H groups in total. The highest BCUT2D eigenvalue weighted by atomic mass is 33.1. The van der Waals surface area contributed by atoms with E-state index in [9.17, 15) is 9.90 Å². The van der Waals surface area contributed by atoms with Crippen molar-refractivity contribution in [1.82, 2.24) is 0 Å². The molecule has 0 saturated heterocycles. The maximum absolute atomic E-state index is 12.3. The van der Waals surface area contributed by atoms with Crippen LogP contribution in [0.5, 0.6) is 0 Å².